The Kier molecular flexibility index (Phi) is 5.33. The summed E-state index contributed by atoms with van der Waals surface area (Å²) in [6.07, 6.45) is 10.9. The Balaban J connectivity index is 1.51. The van der Waals surface area contributed by atoms with E-state index < -0.39 is 17.5 Å². The van der Waals surface area contributed by atoms with Crippen molar-refractivity contribution >= 4 is 0 Å². The molecule has 0 heterocycles. The first kappa shape index (κ1) is 16.9. The lowest BCUT2D eigenvalue weighted by atomic mass is 9.69. The molecule has 0 nitrogen and oxygen atoms in total. The second kappa shape index (κ2) is 7.27. The van der Waals surface area contributed by atoms with Crippen molar-refractivity contribution in [1.82, 2.24) is 0 Å². The maximum atomic E-state index is 13.3. The second-order valence-corrected chi connectivity index (χ2v) is 7.88. The van der Waals surface area contributed by atoms with Crippen LogP contribution < -0.4 is 0 Å². The van der Waals surface area contributed by atoms with E-state index in [0.29, 0.717) is 17.9 Å². The zero-order valence-corrected chi connectivity index (χ0v) is 14.0. The average Bonchev–Trinajstić information content (AvgIpc) is 2.54. The van der Waals surface area contributed by atoms with E-state index in [0.717, 1.165) is 42.7 Å². The first-order valence-electron chi connectivity index (χ1n) is 9.16. The lowest BCUT2D eigenvalue weighted by molar-refractivity contribution is 0.150. The minimum Gasteiger partial charge on any atom is -0.204 e. The zero-order chi connectivity index (χ0) is 16.4. The van der Waals surface area contributed by atoms with E-state index in [-0.39, 0.29) is 0 Å². The van der Waals surface area contributed by atoms with Crippen molar-refractivity contribution in [1.29, 1.82) is 0 Å². The van der Waals surface area contributed by atoms with Gasteiger partial charge in [0.15, 0.2) is 17.5 Å². The molecule has 0 amide bonds. The molecule has 1 aromatic carbocycles. The normalized spacial score (nSPS) is 32.0. The van der Waals surface area contributed by atoms with Crippen molar-refractivity contribution in [2.45, 2.75) is 64.7 Å². The molecule has 0 spiro atoms. The molecule has 0 radical (unpaired) electrons. The van der Waals surface area contributed by atoms with Gasteiger partial charge in [-0.3, -0.25) is 0 Å². The summed E-state index contributed by atoms with van der Waals surface area (Å²) in [4.78, 5) is 0. The van der Waals surface area contributed by atoms with Crippen LogP contribution in [0.5, 0.6) is 0 Å². The topological polar surface area (TPSA) is 0 Å². The lowest BCUT2D eigenvalue weighted by Gasteiger charge is -2.37. The van der Waals surface area contributed by atoms with E-state index in [1.807, 2.05) is 0 Å². The highest BCUT2D eigenvalue weighted by atomic mass is 19.2. The smallest absolute Gasteiger partial charge is 0.194 e. The van der Waals surface area contributed by atoms with Gasteiger partial charge in [0.25, 0.3) is 0 Å². The van der Waals surface area contributed by atoms with Gasteiger partial charge in [-0.15, -0.1) is 0 Å². The van der Waals surface area contributed by atoms with Crippen LogP contribution in [0.3, 0.4) is 0 Å². The van der Waals surface area contributed by atoms with Crippen LogP contribution in [0.15, 0.2) is 12.1 Å². The summed E-state index contributed by atoms with van der Waals surface area (Å²) in [5, 5.41) is 0. The third-order valence-electron chi connectivity index (χ3n) is 6.19. The summed E-state index contributed by atoms with van der Waals surface area (Å²) in [5.41, 5.74) is 0.594. The van der Waals surface area contributed by atoms with Crippen LogP contribution in [0, 0.1) is 41.1 Å². The van der Waals surface area contributed by atoms with Crippen LogP contribution in [-0.4, -0.2) is 0 Å². The van der Waals surface area contributed by atoms with Gasteiger partial charge in [0, 0.05) is 0 Å². The zero-order valence-electron chi connectivity index (χ0n) is 14.0. The maximum absolute atomic E-state index is 13.3. The molecule has 2 aliphatic rings. The minimum atomic E-state index is -1.36. The predicted octanol–water partition coefficient (Wildman–Crippen LogP) is 6.28. The Morgan fingerprint density at radius 3 is 1.78 bits per heavy atom. The van der Waals surface area contributed by atoms with Gasteiger partial charge in [0.05, 0.1) is 0 Å². The third-order valence-corrected chi connectivity index (χ3v) is 6.19. The Labute approximate surface area is 137 Å². The molecule has 2 fully saturated rings. The molecular weight excluding hydrogens is 297 g/mol. The average molecular weight is 324 g/mol. The van der Waals surface area contributed by atoms with E-state index >= 15 is 0 Å². The molecule has 23 heavy (non-hydrogen) atoms. The Morgan fingerprint density at radius 2 is 1.26 bits per heavy atom. The third kappa shape index (κ3) is 4.10. The molecule has 0 aromatic heterocycles. The maximum Gasteiger partial charge on any atom is 0.194 e. The summed E-state index contributed by atoms with van der Waals surface area (Å²) in [5.74, 6) is -0.365. The first-order chi connectivity index (χ1) is 11.0. The summed E-state index contributed by atoms with van der Waals surface area (Å²) in [6.45, 7) is 2.36. The molecule has 2 saturated carbocycles. The fourth-order valence-electron chi connectivity index (χ4n) is 4.68. The molecule has 3 rings (SSSR count). The van der Waals surface area contributed by atoms with Gasteiger partial charge in [-0.05, 0) is 86.3 Å². The Morgan fingerprint density at radius 1 is 0.783 bits per heavy atom. The van der Waals surface area contributed by atoms with Gasteiger partial charge in [-0.25, -0.2) is 13.2 Å². The quantitative estimate of drug-likeness (QED) is 0.574. The number of rotatable bonds is 3. The van der Waals surface area contributed by atoms with Gasteiger partial charge in [0.2, 0.25) is 0 Å². The van der Waals surface area contributed by atoms with Crippen LogP contribution in [0.1, 0.15) is 63.9 Å². The van der Waals surface area contributed by atoms with Gasteiger partial charge in [-0.2, -0.15) is 0 Å². The summed E-state index contributed by atoms with van der Waals surface area (Å²) < 4.78 is 39.7. The molecule has 1 aromatic rings. The highest BCUT2D eigenvalue weighted by molar-refractivity contribution is 5.20. The lowest BCUT2D eigenvalue weighted by Crippen LogP contribution is -2.25. The summed E-state index contributed by atoms with van der Waals surface area (Å²) in [7, 11) is 0. The van der Waals surface area contributed by atoms with Crippen molar-refractivity contribution in [3.05, 3.63) is 35.1 Å². The molecule has 0 unspecified atom stereocenters. The highest BCUT2D eigenvalue weighted by Crippen LogP contribution is 2.41. The van der Waals surface area contributed by atoms with Crippen molar-refractivity contribution in [3.63, 3.8) is 0 Å². The van der Waals surface area contributed by atoms with Gasteiger partial charge in [-0.1, -0.05) is 19.8 Å². The fourth-order valence-corrected chi connectivity index (χ4v) is 4.68. The van der Waals surface area contributed by atoms with Crippen molar-refractivity contribution < 1.29 is 13.2 Å². The molecule has 0 aliphatic heterocycles. The summed E-state index contributed by atoms with van der Waals surface area (Å²) in [6, 6.07) is 2.32. The van der Waals surface area contributed by atoms with E-state index in [1.165, 1.54) is 38.5 Å². The molecule has 128 valence electrons. The van der Waals surface area contributed by atoms with Crippen LogP contribution in [0.25, 0.3) is 0 Å². The molecule has 3 heteroatoms. The Hall–Kier alpha value is -0.990. The molecule has 0 atom stereocenters. The van der Waals surface area contributed by atoms with Gasteiger partial charge >= 0.3 is 0 Å². The first-order valence-corrected chi connectivity index (χ1v) is 9.16. The summed E-state index contributed by atoms with van der Waals surface area (Å²) >= 11 is 0. The predicted molar refractivity (Wildman–Crippen MR) is 86.6 cm³/mol. The highest BCUT2D eigenvalue weighted by Gasteiger charge is 2.30. The van der Waals surface area contributed by atoms with Crippen LogP contribution in [-0.2, 0) is 6.42 Å². The molecule has 2 aliphatic carbocycles. The number of benzene rings is 1. The van der Waals surface area contributed by atoms with E-state index in [2.05, 4.69) is 6.92 Å². The monoisotopic (exact) mass is 324 g/mol. The van der Waals surface area contributed by atoms with E-state index in [9.17, 15) is 13.2 Å². The van der Waals surface area contributed by atoms with Crippen LogP contribution in [0.2, 0.25) is 0 Å². The molecular formula is C20H27F3. The number of halogens is 3. The fraction of sp³-hybridized carbons (Fsp3) is 0.700. The van der Waals surface area contributed by atoms with Gasteiger partial charge < -0.3 is 0 Å². The minimum absolute atomic E-state index is 0.484. The number of hydrogen-bond acceptors (Lipinski definition) is 0. The standard InChI is InChI=1S/C20H27F3/c1-13-2-6-16(7-3-13)17-8-4-14(5-9-17)10-15-11-18(21)20(23)19(22)12-15/h11-14,16-17H,2-10H2,1H3. The van der Waals surface area contributed by atoms with Crippen LogP contribution >= 0.6 is 0 Å². The van der Waals surface area contributed by atoms with Crippen molar-refractivity contribution in [2.24, 2.45) is 23.7 Å². The Bertz CT molecular complexity index is 501. The van der Waals surface area contributed by atoms with E-state index in [4.69, 9.17) is 0 Å². The SMILES string of the molecule is CC1CCC(C2CCC(Cc3cc(F)c(F)c(F)c3)CC2)CC1. The largest absolute Gasteiger partial charge is 0.204 e. The second-order valence-electron chi connectivity index (χ2n) is 7.88. The molecule has 0 saturated heterocycles. The number of hydrogen-bond donors (Lipinski definition) is 0. The molecule has 0 bridgehead atoms. The van der Waals surface area contributed by atoms with E-state index in [1.54, 1.807) is 0 Å². The van der Waals surface area contributed by atoms with Crippen molar-refractivity contribution in [3.8, 4) is 0 Å². The molecule has 0 N–H and O–H groups in total. The van der Waals surface area contributed by atoms with Crippen molar-refractivity contribution in [2.75, 3.05) is 0 Å². The van der Waals surface area contributed by atoms with Crippen LogP contribution in [0.4, 0.5) is 13.2 Å². The van der Waals surface area contributed by atoms with Gasteiger partial charge in [0.1, 0.15) is 0 Å².